The van der Waals surface area contributed by atoms with Gasteiger partial charge >= 0.3 is 23.1 Å². The molecule has 0 aromatic rings. The van der Waals surface area contributed by atoms with Gasteiger partial charge in [0.1, 0.15) is 0 Å². The fraction of sp³-hybridized carbons (Fsp3) is 1.00. The number of hydrogen-bond donors (Lipinski definition) is 0. The van der Waals surface area contributed by atoms with Gasteiger partial charge in [-0.1, -0.05) is 233 Å². The molecule has 0 amide bonds. The Bertz CT molecular complexity index is 343. The molecule has 0 unspecified atom stereocenters. The molecule has 0 radical (unpaired) electrons. The van der Waals surface area contributed by atoms with E-state index in [1.165, 1.54) is 205 Å². The first-order valence-corrected chi connectivity index (χ1v) is 20.1. The average molecular weight is 617 g/mol. The van der Waals surface area contributed by atoms with Crippen LogP contribution in [0.4, 0.5) is 0 Å². The molecule has 3 heteroatoms. The second-order valence-electron chi connectivity index (χ2n) is 13.2. The maximum Gasteiger partial charge on any atom is 2.00 e. The Morgan fingerprint density at radius 1 is 0.209 bits per heavy atom. The minimum Gasteiger partial charge on any atom is -0.662 e. The van der Waals surface area contributed by atoms with Crippen molar-refractivity contribution in [2.24, 2.45) is 0 Å². The van der Waals surface area contributed by atoms with Crippen LogP contribution < -0.4 is 0 Å². The first kappa shape index (κ1) is 48.1. The van der Waals surface area contributed by atoms with Crippen LogP contribution in [-0.2, 0) is 0 Å². The van der Waals surface area contributed by atoms with Crippen LogP contribution in [0, 0.1) is 0 Å². The molecule has 0 spiro atoms. The van der Waals surface area contributed by atoms with E-state index in [-0.39, 0.29) is 23.1 Å². The van der Waals surface area contributed by atoms with Crippen LogP contribution in [0.25, 0.3) is 10.6 Å². The van der Waals surface area contributed by atoms with E-state index in [4.69, 9.17) is 0 Å². The van der Waals surface area contributed by atoms with Crippen molar-refractivity contribution in [2.45, 2.75) is 233 Å². The van der Waals surface area contributed by atoms with Crippen molar-refractivity contribution < 1.29 is 0 Å². The van der Waals surface area contributed by atoms with Crippen LogP contribution in [0.3, 0.4) is 0 Å². The smallest absolute Gasteiger partial charge is 0.662 e. The van der Waals surface area contributed by atoms with E-state index in [9.17, 15) is 0 Å². The van der Waals surface area contributed by atoms with Crippen molar-refractivity contribution in [3.8, 4) is 0 Å². The molecule has 0 saturated heterocycles. The average Bonchev–Trinajstić information content (AvgIpc) is 3.00. The van der Waals surface area contributed by atoms with Gasteiger partial charge in [0.25, 0.3) is 0 Å². The predicted octanol–water partition coefficient (Wildman–Crippen LogP) is 14.9. The zero-order valence-corrected chi connectivity index (χ0v) is 32.5. The van der Waals surface area contributed by atoms with Crippen molar-refractivity contribution in [1.82, 2.24) is 0 Å². The first-order chi connectivity index (χ1) is 20.8. The summed E-state index contributed by atoms with van der Waals surface area (Å²) in [5.41, 5.74) is 0. The zero-order chi connectivity index (χ0) is 30.9. The second kappa shape index (κ2) is 49.6. The summed E-state index contributed by atoms with van der Waals surface area (Å²) in [5, 5.41) is 9.33. The molecule has 0 aromatic carbocycles. The first-order valence-electron chi connectivity index (χ1n) is 20.1. The van der Waals surface area contributed by atoms with Crippen LogP contribution in [0.15, 0.2) is 0 Å². The van der Waals surface area contributed by atoms with E-state index >= 15 is 0 Å². The number of rotatable bonds is 36. The third kappa shape index (κ3) is 52.5. The van der Waals surface area contributed by atoms with Gasteiger partial charge in [-0.2, -0.15) is 0 Å². The minimum atomic E-state index is 0. The molecule has 0 aliphatic heterocycles. The van der Waals surface area contributed by atoms with Gasteiger partial charge in [0.2, 0.25) is 0 Å². The summed E-state index contributed by atoms with van der Waals surface area (Å²) in [4.78, 5) is 0. The summed E-state index contributed by atoms with van der Waals surface area (Å²) in [6, 6.07) is 0. The quantitative estimate of drug-likeness (QED) is 0.0494. The third-order valence-electron chi connectivity index (χ3n) is 8.68. The molecule has 0 aliphatic carbocycles. The van der Waals surface area contributed by atoms with Gasteiger partial charge in [-0.15, -0.1) is 26.2 Å². The van der Waals surface area contributed by atoms with Crippen LogP contribution in [-0.4, -0.2) is 49.2 Å². The van der Waals surface area contributed by atoms with Gasteiger partial charge in [-0.25, -0.2) is 0 Å². The van der Waals surface area contributed by atoms with Gasteiger partial charge < -0.3 is 10.6 Å². The van der Waals surface area contributed by atoms with Gasteiger partial charge in [-0.05, 0) is 0 Å². The molecule has 2 nitrogen and oxygen atoms in total. The Morgan fingerprint density at radius 3 is 0.512 bits per heavy atom. The molecule has 256 valence electrons. The molecule has 0 saturated carbocycles. The molecule has 0 aromatic heterocycles. The summed E-state index contributed by atoms with van der Waals surface area (Å²) in [5.74, 6) is 0. The van der Waals surface area contributed by atoms with Crippen molar-refractivity contribution in [2.75, 3.05) is 26.2 Å². The molecule has 43 heavy (non-hydrogen) atoms. The molecule has 0 N–H and O–H groups in total. The minimum absolute atomic E-state index is 0. The van der Waals surface area contributed by atoms with Crippen molar-refractivity contribution in [3.63, 3.8) is 0 Å². The molecule has 0 bridgehead atoms. The fourth-order valence-electron chi connectivity index (χ4n) is 5.65. The van der Waals surface area contributed by atoms with E-state index in [0.717, 1.165) is 26.2 Å². The standard InChI is InChI=1S/2C20H42N.Mg/c2*1-3-5-7-9-11-13-15-17-19-21-20-18-16-14-12-10-8-6-4-2;/h2*3-20H2,1-2H3;/q2*-1;+2. The maximum atomic E-state index is 4.67. The SMILES string of the molecule is CCCCCCCCCC[N-]CCCCCCCCCC.CCCCCCCCCC[N-]CCCCCCCCCC.[Mg+2]. The maximum absolute atomic E-state index is 4.67. The third-order valence-corrected chi connectivity index (χ3v) is 8.68. The second-order valence-corrected chi connectivity index (χ2v) is 13.2. The van der Waals surface area contributed by atoms with Crippen LogP contribution in [0.5, 0.6) is 0 Å². The summed E-state index contributed by atoms with van der Waals surface area (Å²) < 4.78 is 0. The number of hydrogen-bond acceptors (Lipinski definition) is 0. The van der Waals surface area contributed by atoms with E-state index in [2.05, 4.69) is 38.3 Å². The summed E-state index contributed by atoms with van der Waals surface area (Å²) in [7, 11) is 0. The Morgan fingerprint density at radius 2 is 0.349 bits per heavy atom. The number of unbranched alkanes of at least 4 members (excludes halogenated alkanes) is 28. The Kier molecular flexibility index (Phi) is 55.4. The predicted molar refractivity (Wildman–Crippen MR) is 202 cm³/mol. The monoisotopic (exact) mass is 617 g/mol. The van der Waals surface area contributed by atoms with Crippen LogP contribution >= 0.6 is 0 Å². The summed E-state index contributed by atoms with van der Waals surface area (Å²) in [6.45, 7) is 13.6. The van der Waals surface area contributed by atoms with E-state index < -0.39 is 0 Å². The molecule has 0 rings (SSSR count). The van der Waals surface area contributed by atoms with E-state index in [1.54, 1.807) is 0 Å². The van der Waals surface area contributed by atoms with Gasteiger partial charge in [0.05, 0.1) is 0 Å². The van der Waals surface area contributed by atoms with Crippen molar-refractivity contribution in [1.29, 1.82) is 0 Å². The van der Waals surface area contributed by atoms with Gasteiger partial charge in [-0.3, -0.25) is 0 Å². The molecular formula is C40H84MgN2. The molecule has 0 fully saturated rings. The zero-order valence-electron chi connectivity index (χ0n) is 31.1. The van der Waals surface area contributed by atoms with Gasteiger partial charge in [0, 0.05) is 0 Å². The van der Waals surface area contributed by atoms with E-state index in [1.807, 2.05) is 0 Å². The Balaban J connectivity index is -0.000000727. The Labute approximate surface area is 291 Å². The molecule has 0 heterocycles. The fourth-order valence-corrected chi connectivity index (χ4v) is 5.65. The number of nitrogens with zero attached hydrogens (tertiary/aromatic N) is 2. The summed E-state index contributed by atoms with van der Waals surface area (Å²) in [6.07, 6.45) is 45.1. The molecule has 0 aliphatic rings. The van der Waals surface area contributed by atoms with Crippen molar-refractivity contribution >= 4 is 23.1 Å². The molecule has 0 atom stereocenters. The topological polar surface area (TPSA) is 28.2 Å². The van der Waals surface area contributed by atoms with Crippen molar-refractivity contribution in [3.05, 3.63) is 10.6 Å². The van der Waals surface area contributed by atoms with E-state index in [0.29, 0.717) is 0 Å². The molecular weight excluding hydrogens is 533 g/mol. The van der Waals surface area contributed by atoms with Crippen LogP contribution in [0.2, 0.25) is 0 Å². The normalized spacial score (nSPS) is 10.9. The van der Waals surface area contributed by atoms with Crippen LogP contribution in [0.1, 0.15) is 233 Å². The summed E-state index contributed by atoms with van der Waals surface area (Å²) >= 11 is 0. The Hall–Kier alpha value is 0.686. The van der Waals surface area contributed by atoms with Gasteiger partial charge in [0.15, 0.2) is 0 Å². The largest absolute Gasteiger partial charge is 2.00 e.